The van der Waals surface area contributed by atoms with Crippen LogP contribution < -0.4 is 4.72 Å². The smallest absolute Gasteiger partial charge is 0.207 e. The third kappa shape index (κ3) is 3.19. The van der Waals surface area contributed by atoms with Crippen LogP contribution in [-0.2, 0) is 16.6 Å². The van der Waals surface area contributed by atoms with E-state index < -0.39 is 15.8 Å². The van der Waals surface area contributed by atoms with E-state index in [1.165, 1.54) is 12.1 Å². The maximum absolute atomic E-state index is 13.4. The molecule has 0 aliphatic carbocycles. The molecule has 2 aromatic rings. The zero-order valence-corrected chi connectivity index (χ0v) is 11.2. The summed E-state index contributed by atoms with van der Waals surface area (Å²) < 4.78 is 40.0. The quantitative estimate of drug-likeness (QED) is 0.935. The van der Waals surface area contributed by atoms with Crippen molar-refractivity contribution < 1.29 is 12.8 Å². The molecule has 0 radical (unpaired) electrons. The molecule has 0 aromatic heterocycles. The van der Waals surface area contributed by atoms with Crippen LogP contribution in [0.5, 0.6) is 0 Å². The zero-order chi connectivity index (χ0) is 13.9. The van der Waals surface area contributed by atoms with Crippen LogP contribution in [0, 0.1) is 12.7 Å². The maximum Gasteiger partial charge on any atom is 0.241 e. The standard InChI is InChI=1S/C14H14FNO2S/c1-11-6-2-5-9-14(11)19(17,18)16-10-12-7-3-4-8-13(12)15/h2-9,16H,10H2,1H3. The van der Waals surface area contributed by atoms with Gasteiger partial charge in [-0.3, -0.25) is 0 Å². The molecule has 0 bridgehead atoms. The largest absolute Gasteiger partial charge is 0.241 e. The molecule has 100 valence electrons. The molecule has 5 heteroatoms. The molecule has 0 heterocycles. The Morgan fingerprint density at radius 3 is 2.37 bits per heavy atom. The number of rotatable bonds is 4. The number of hydrogen-bond acceptors (Lipinski definition) is 2. The van der Waals surface area contributed by atoms with Crippen LogP contribution in [0.3, 0.4) is 0 Å². The fourth-order valence-corrected chi connectivity index (χ4v) is 3.00. The Morgan fingerprint density at radius 1 is 1.05 bits per heavy atom. The summed E-state index contributed by atoms with van der Waals surface area (Å²) in [5.74, 6) is -0.421. The van der Waals surface area contributed by atoms with Gasteiger partial charge in [0.15, 0.2) is 0 Å². The Bertz CT molecular complexity index is 683. The van der Waals surface area contributed by atoms with Crippen LogP contribution in [0.15, 0.2) is 53.4 Å². The second-order valence-corrected chi connectivity index (χ2v) is 5.92. The molecule has 0 spiro atoms. The fourth-order valence-electron chi connectivity index (χ4n) is 1.75. The van der Waals surface area contributed by atoms with E-state index in [1.807, 2.05) is 0 Å². The van der Waals surface area contributed by atoms with Crippen LogP contribution in [-0.4, -0.2) is 8.42 Å². The monoisotopic (exact) mass is 279 g/mol. The van der Waals surface area contributed by atoms with Crippen molar-refractivity contribution in [3.05, 3.63) is 65.5 Å². The average molecular weight is 279 g/mol. The van der Waals surface area contributed by atoms with Gasteiger partial charge in [-0.15, -0.1) is 0 Å². The Hall–Kier alpha value is -1.72. The second-order valence-electron chi connectivity index (χ2n) is 4.18. The van der Waals surface area contributed by atoms with E-state index in [2.05, 4.69) is 4.72 Å². The molecule has 0 amide bonds. The highest BCUT2D eigenvalue weighted by atomic mass is 32.2. The summed E-state index contributed by atoms with van der Waals surface area (Å²) in [6, 6.07) is 12.8. The highest BCUT2D eigenvalue weighted by molar-refractivity contribution is 7.89. The van der Waals surface area contributed by atoms with Crippen molar-refractivity contribution in [2.45, 2.75) is 18.4 Å². The average Bonchev–Trinajstić information content (AvgIpc) is 2.38. The van der Waals surface area contributed by atoms with E-state index in [0.717, 1.165) is 0 Å². The SMILES string of the molecule is Cc1ccccc1S(=O)(=O)NCc1ccccc1F. The number of halogens is 1. The van der Waals surface area contributed by atoms with Gasteiger partial charge in [0, 0.05) is 12.1 Å². The molecule has 19 heavy (non-hydrogen) atoms. The van der Waals surface area contributed by atoms with Crippen LogP contribution in [0.25, 0.3) is 0 Å². The first-order chi connectivity index (χ1) is 9.00. The van der Waals surface area contributed by atoms with Crippen molar-refractivity contribution in [2.24, 2.45) is 0 Å². The lowest BCUT2D eigenvalue weighted by molar-refractivity contribution is 0.574. The lowest BCUT2D eigenvalue weighted by Crippen LogP contribution is -2.24. The van der Waals surface area contributed by atoms with Gasteiger partial charge in [0.25, 0.3) is 0 Å². The number of aryl methyl sites for hydroxylation is 1. The summed E-state index contributed by atoms with van der Waals surface area (Å²) in [5.41, 5.74) is 0.975. The molecule has 0 atom stereocenters. The van der Waals surface area contributed by atoms with Crippen molar-refractivity contribution in [3.8, 4) is 0 Å². The van der Waals surface area contributed by atoms with Crippen molar-refractivity contribution >= 4 is 10.0 Å². The van der Waals surface area contributed by atoms with Gasteiger partial charge < -0.3 is 0 Å². The molecule has 2 rings (SSSR count). The minimum Gasteiger partial charge on any atom is -0.207 e. The molecule has 0 saturated carbocycles. The highest BCUT2D eigenvalue weighted by Crippen LogP contribution is 2.15. The van der Waals surface area contributed by atoms with E-state index in [0.29, 0.717) is 11.1 Å². The maximum atomic E-state index is 13.4. The van der Waals surface area contributed by atoms with Crippen molar-refractivity contribution in [3.63, 3.8) is 0 Å². The van der Waals surface area contributed by atoms with Gasteiger partial charge >= 0.3 is 0 Å². The van der Waals surface area contributed by atoms with Crippen molar-refractivity contribution in [2.75, 3.05) is 0 Å². The number of hydrogen-bond donors (Lipinski definition) is 1. The van der Waals surface area contributed by atoms with E-state index >= 15 is 0 Å². The summed E-state index contributed by atoms with van der Waals surface area (Å²) in [7, 11) is -3.62. The molecule has 0 unspecified atom stereocenters. The molecular weight excluding hydrogens is 265 g/mol. The lowest BCUT2D eigenvalue weighted by Gasteiger charge is -2.09. The first kappa shape index (κ1) is 13.7. The van der Waals surface area contributed by atoms with Gasteiger partial charge in [-0.1, -0.05) is 36.4 Å². The molecule has 3 nitrogen and oxygen atoms in total. The minimum atomic E-state index is -3.62. The van der Waals surface area contributed by atoms with Gasteiger partial charge in [0.05, 0.1) is 4.90 Å². The van der Waals surface area contributed by atoms with Gasteiger partial charge in [0.1, 0.15) is 5.82 Å². The Morgan fingerprint density at radius 2 is 1.68 bits per heavy atom. The van der Waals surface area contributed by atoms with Gasteiger partial charge in [-0.05, 0) is 24.6 Å². The second kappa shape index (κ2) is 5.50. The summed E-state index contributed by atoms with van der Waals surface area (Å²) in [6.07, 6.45) is 0. The highest BCUT2D eigenvalue weighted by Gasteiger charge is 2.16. The van der Waals surface area contributed by atoms with Crippen molar-refractivity contribution in [1.82, 2.24) is 4.72 Å². The Kier molecular flexibility index (Phi) is 3.97. The first-order valence-electron chi connectivity index (χ1n) is 5.79. The van der Waals surface area contributed by atoms with Gasteiger partial charge in [0.2, 0.25) is 10.0 Å². The van der Waals surface area contributed by atoms with Crippen LogP contribution >= 0.6 is 0 Å². The molecule has 1 N–H and O–H groups in total. The molecule has 0 aliphatic heterocycles. The van der Waals surface area contributed by atoms with E-state index in [4.69, 9.17) is 0 Å². The minimum absolute atomic E-state index is 0.0661. The van der Waals surface area contributed by atoms with E-state index in [-0.39, 0.29) is 11.4 Å². The summed E-state index contributed by atoms with van der Waals surface area (Å²) >= 11 is 0. The first-order valence-corrected chi connectivity index (χ1v) is 7.28. The van der Waals surface area contributed by atoms with Crippen LogP contribution in [0.1, 0.15) is 11.1 Å². The van der Waals surface area contributed by atoms with Crippen LogP contribution in [0.4, 0.5) is 4.39 Å². The number of sulfonamides is 1. The Balaban J connectivity index is 2.20. The Labute approximate surface area is 112 Å². The van der Waals surface area contributed by atoms with Crippen LogP contribution in [0.2, 0.25) is 0 Å². The fraction of sp³-hybridized carbons (Fsp3) is 0.143. The molecule has 0 aliphatic rings. The normalized spacial score (nSPS) is 11.5. The topological polar surface area (TPSA) is 46.2 Å². The summed E-state index contributed by atoms with van der Waals surface area (Å²) in [5, 5.41) is 0. The predicted octanol–water partition coefficient (Wildman–Crippen LogP) is 2.61. The third-order valence-electron chi connectivity index (χ3n) is 2.79. The summed E-state index contributed by atoms with van der Waals surface area (Å²) in [4.78, 5) is 0.214. The van der Waals surface area contributed by atoms with Gasteiger partial charge in [-0.2, -0.15) is 0 Å². The zero-order valence-electron chi connectivity index (χ0n) is 10.4. The van der Waals surface area contributed by atoms with Gasteiger partial charge in [-0.25, -0.2) is 17.5 Å². The van der Waals surface area contributed by atoms with Crippen molar-refractivity contribution in [1.29, 1.82) is 0 Å². The summed E-state index contributed by atoms with van der Waals surface area (Å²) in [6.45, 7) is 1.65. The molecule has 2 aromatic carbocycles. The number of nitrogens with one attached hydrogen (secondary N) is 1. The van der Waals surface area contributed by atoms with E-state index in [9.17, 15) is 12.8 Å². The van der Waals surface area contributed by atoms with E-state index in [1.54, 1.807) is 43.3 Å². The number of benzene rings is 2. The third-order valence-corrected chi connectivity index (χ3v) is 4.36. The molecular formula is C14H14FNO2S. The predicted molar refractivity (Wildman–Crippen MR) is 71.6 cm³/mol. The molecule has 0 fully saturated rings. The molecule has 0 saturated heterocycles. The lowest BCUT2D eigenvalue weighted by atomic mass is 10.2.